The van der Waals surface area contributed by atoms with E-state index in [1.165, 1.54) is 0 Å². The first-order chi connectivity index (χ1) is 6.42. The van der Waals surface area contributed by atoms with E-state index in [9.17, 15) is 0 Å². The number of hydrogen-bond acceptors (Lipinski definition) is 4. The molecular formula is C9H8N2O2. The maximum absolute atomic E-state index is 5.40. The molecule has 3 aliphatic rings. The van der Waals surface area contributed by atoms with E-state index in [-0.39, 0.29) is 0 Å². The van der Waals surface area contributed by atoms with Crippen molar-refractivity contribution in [3.8, 4) is 0 Å². The lowest BCUT2D eigenvalue weighted by Crippen LogP contribution is -2.50. The third kappa shape index (κ3) is 0.760. The normalized spacial score (nSPS) is 33.8. The van der Waals surface area contributed by atoms with Crippen molar-refractivity contribution in [1.29, 1.82) is 0 Å². The van der Waals surface area contributed by atoms with E-state index in [0.29, 0.717) is 0 Å². The van der Waals surface area contributed by atoms with E-state index in [1.54, 1.807) is 12.5 Å². The number of hydroxylamine groups is 2. The minimum atomic E-state index is -0.649. The lowest BCUT2D eigenvalue weighted by atomic mass is 9.91. The molecule has 0 fully saturated rings. The molecular weight excluding hydrogens is 168 g/mol. The molecule has 3 rings (SSSR count). The van der Waals surface area contributed by atoms with Crippen molar-refractivity contribution in [2.75, 3.05) is 0 Å². The van der Waals surface area contributed by atoms with Crippen LogP contribution in [0.2, 0.25) is 0 Å². The van der Waals surface area contributed by atoms with Crippen molar-refractivity contribution in [1.82, 2.24) is 11.0 Å². The van der Waals surface area contributed by atoms with Crippen molar-refractivity contribution in [3.05, 3.63) is 47.9 Å². The van der Waals surface area contributed by atoms with E-state index in [1.807, 2.05) is 24.3 Å². The molecule has 1 aliphatic carbocycles. The SMILES string of the molecule is C1=CC2=CNOC23NOC=CC3=C1. The zero-order chi connectivity index (χ0) is 8.73. The van der Waals surface area contributed by atoms with Gasteiger partial charge in [0.15, 0.2) is 0 Å². The Balaban J connectivity index is 2.17. The smallest absolute Gasteiger partial charge is 0.229 e. The van der Waals surface area contributed by atoms with Crippen molar-refractivity contribution < 1.29 is 9.68 Å². The van der Waals surface area contributed by atoms with Crippen molar-refractivity contribution >= 4 is 0 Å². The highest BCUT2D eigenvalue weighted by Crippen LogP contribution is 2.36. The Morgan fingerprint density at radius 2 is 2.23 bits per heavy atom. The predicted octanol–water partition coefficient (Wildman–Crippen LogP) is 0.646. The molecule has 0 amide bonds. The third-order valence-electron chi connectivity index (χ3n) is 2.31. The Kier molecular flexibility index (Phi) is 1.20. The highest BCUT2D eigenvalue weighted by Gasteiger charge is 2.44. The summed E-state index contributed by atoms with van der Waals surface area (Å²) in [6, 6.07) is 0. The van der Waals surface area contributed by atoms with Crippen molar-refractivity contribution in [2.45, 2.75) is 5.72 Å². The Morgan fingerprint density at radius 1 is 1.23 bits per heavy atom. The van der Waals surface area contributed by atoms with E-state index >= 15 is 0 Å². The van der Waals surface area contributed by atoms with Gasteiger partial charge in [0, 0.05) is 17.3 Å². The molecule has 13 heavy (non-hydrogen) atoms. The third-order valence-corrected chi connectivity index (χ3v) is 2.31. The van der Waals surface area contributed by atoms with Gasteiger partial charge in [-0.1, -0.05) is 18.2 Å². The summed E-state index contributed by atoms with van der Waals surface area (Å²) in [5, 5.41) is 0. The quantitative estimate of drug-likeness (QED) is 0.568. The molecule has 1 unspecified atom stereocenters. The van der Waals surface area contributed by atoms with Crippen LogP contribution in [-0.4, -0.2) is 5.72 Å². The van der Waals surface area contributed by atoms with Crippen LogP contribution in [0.3, 0.4) is 0 Å². The summed E-state index contributed by atoms with van der Waals surface area (Å²) >= 11 is 0. The second kappa shape index (κ2) is 2.25. The van der Waals surface area contributed by atoms with Gasteiger partial charge in [0.05, 0.1) is 0 Å². The van der Waals surface area contributed by atoms with Gasteiger partial charge < -0.3 is 4.84 Å². The zero-order valence-electron chi connectivity index (χ0n) is 6.78. The van der Waals surface area contributed by atoms with Crippen LogP contribution in [-0.2, 0) is 9.68 Å². The number of hydrogen-bond donors (Lipinski definition) is 2. The average Bonchev–Trinajstić information content (AvgIpc) is 2.58. The summed E-state index contributed by atoms with van der Waals surface area (Å²) in [4.78, 5) is 10.4. The summed E-state index contributed by atoms with van der Waals surface area (Å²) in [5.74, 6) is 0. The molecule has 4 heteroatoms. The molecule has 1 atom stereocenters. The highest BCUT2D eigenvalue weighted by molar-refractivity contribution is 5.51. The fraction of sp³-hybridized carbons (Fsp3) is 0.111. The first kappa shape index (κ1) is 6.94. The van der Waals surface area contributed by atoms with Crippen LogP contribution in [0.5, 0.6) is 0 Å². The van der Waals surface area contributed by atoms with E-state index in [2.05, 4.69) is 11.0 Å². The van der Waals surface area contributed by atoms with Crippen LogP contribution >= 0.6 is 0 Å². The van der Waals surface area contributed by atoms with Gasteiger partial charge in [-0.2, -0.15) is 0 Å². The molecule has 1 spiro atoms. The minimum absolute atomic E-state index is 0.649. The number of allylic oxidation sites excluding steroid dienone is 2. The molecule has 0 saturated heterocycles. The molecule has 0 aromatic rings. The lowest BCUT2D eigenvalue weighted by molar-refractivity contribution is -0.114. The molecule has 0 bridgehead atoms. The first-order valence-electron chi connectivity index (χ1n) is 4.04. The summed E-state index contributed by atoms with van der Waals surface area (Å²) in [6.07, 6.45) is 11.2. The van der Waals surface area contributed by atoms with E-state index < -0.39 is 5.72 Å². The molecule has 2 heterocycles. The number of rotatable bonds is 0. The second-order valence-corrected chi connectivity index (χ2v) is 3.00. The van der Waals surface area contributed by atoms with E-state index in [4.69, 9.17) is 9.68 Å². The second-order valence-electron chi connectivity index (χ2n) is 3.00. The van der Waals surface area contributed by atoms with Crippen molar-refractivity contribution in [3.63, 3.8) is 0 Å². The molecule has 4 nitrogen and oxygen atoms in total. The van der Waals surface area contributed by atoms with E-state index in [0.717, 1.165) is 11.1 Å². The maximum Gasteiger partial charge on any atom is 0.229 e. The summed E-state index contributed by atoms with van der Waals surface area (Å²) in [5.41, 5.74) is 6.95. The maximum atomic E-state index is 5.40. The Bertz CT molecular complexity index is 368. The largest absolute Gasteiger partial charge is 0.413 e. The van der Waals surface area contributed by atoms with Crippen LogP contribution in [0.4, 0.5) is 0 Å². The van der Waals surface area contributed by atoms with Gasteiger partial charge in [-0.25, -0.2) is 4.84 Å². The van der Waals surface area contributed by atoms with Gasteiger partial charge >= 0.3 is 0 Å². The molecule has 0 aromatic heterocycles. The van der Waals surface area contributed by atoms with Gasteiger partial charge in [-0.15, -0.1) is 5.48 Å². The molecule has 66 valence electrons. The molecule has 0 saturated carbocycles. The fourth-order valence-corrected chi connectivity index (χ4v) is 1.64. The number of nitrogens with one attached hydrogen (secondary N) is 2. The van der Waals surface area contributed by atoms with Gasteiger partial charge in [0.2, 0.25) is 5.72 Å². The summed E-state index contributed by atoms with van der Waals surface area (Å²) in [7, 11) is 0. The average molecular weight is 176 g/mol. The van der Waals surface area contributed by atoms with Crippen LogP contribution in [0.15, 0.2) is 47.9 Å². The standard InChI is InChI=1S/C9H8N2O2/c1-2-7-4-5-12-11-9(7)8(3-1)6-10-13-9/h1-6,10-11H. The molecule has 0 radical (unpaired) electrons. The topological polar surface area (TPSA) is 42.5 Å². The van der Waals surface area contributed by atoms with Gasteiger partial charge in [-0.05, 0) is 6.08 Å². The van der Waals surface area contributed by atoms with Gasteiger partial charge in [0.25, 0.3) is 0 Å². The molecule has 0 aromatic carbocycles. The van der Waals surface area contributed by atoms with Crippen LogP contribution in [0, 0.1) is 0 Å². The minimum Gasteiger partial charge on any atom is -0.413 e. The highest BCUT2D eigenvalue weighted by atomic mass is 16.7. The van der Waals surface area contributed by atoms with Crippen LogP contribution in [0.25, 0.3) is 0 Å². The monoisotopic (exact) mass is 176 g/mol. The zero-order valence-corrected chi connectivity index (χ0v) is 6.78. The predicted molar refractivity (Wildman–Crippen MR) is 45.6 cm³/mol. The van der Waals surface area contributed by atoms with Crippen LogP contribution in [0.1, 0.15) is 0 Å². The van der Waals surface area contributed by atoms with Gasteiger partial charge in [0.1, 0.15) is 6.26 Å². The van der Waals surface area contributed by atoms with Gasteiger partial charge in [-0.3, -0.25) is 5.48 Å². The first-order valence-corrected chi connectivity index (χ1v) is 4.04. The Hall–Kier alpha value is -1.52. The molecule has 2 aliphatic heterocycles. The lowest BCUT2D eigenvalue weighted by Gasteiger charge is -2.34. The summed E-state index contributed by atoms with van der Waals surface area (Å²) < 4.78 is 0. The fourth-order valence-electron chi connectivity index (χ4n) is 1.64. The molecule has 2 N–H and O–H groups in total. The Morgan fingerprint density at radius 3 is 3.23 bits per heavy atom. The Labute approximate surface area is 75.1 Å². The van der Waals surface area contributed by atoms with Crippen molar-refractivity contribution in [2.24, 2.45) is 0 Å². The van der Waals surface area contributed by atoms with Crippen LogP contribution < -0.4 is 11.0 Å². The summed E-state index contributed by atoms with van der Waals surface area (Å²) in [6.45, 7) is 0.